The van der Waals surface area contributed by atoms with E-state index in [9.17, 15) is 0 Å². The average Bonchev–Trinajstić information content (AvgIpc) is 2.50. The van der Waals surface area contributed by atoms with Gasteiger partial charge in [0.1, 0.15) is 0 Å². The number of rotatable bonds is 1. The number of hydrogen-bond acceptors (Lipinski definition) is 0. The maximum atomic E-state index is 2.60. The van der Waals surface area contributed by atoms with Crippen LogP contribution in [0.4, 0.5) is 0 Å². The Morgan fingerprint density at radius 1 is 0.400 bits per heavy atom. The molecule has 114 valence electrons. The second kappa shape index (κ2) is 10.2. The van der Waals surface area contributed by atoms with Gasteiger partial charge in [0.05, 0.1) is 0 Å². The van der Waals surface area contributed by atoms with Crippen LogP contribution in [0.25, 0.3) is 0 Å². The minimum atomic E-state index is 1.33. The van der Waals surface area contributed by atoms with Crippen LogP contribution in [0, 0.1) is 0 Å². The molecule has 0 nitrogen and oxygen atoms in total. The largest absolute Gasteiger partial charge is 0.0811 e. The van der Waals surface area contributed by atoms with E-state index in [1.165, 1.54) is 103 Å². The van der Waals surface area contributed by atoms with Gasteiger partial charge < -0.3 is 0 Å². The van der Waals surface area contributed by atoms with Crippen molar-refractivity contribution in [3.8, 4) is 0 Å². The van der Waals surface area contributed by atoms with E-state index in [1.807, 2.05) is 0 Å². The Morgan fingerprint density at radius 3 is 1.20 bits per heavy atom. The fourth-order valence-corrected chi connectivity index (χ4v) is 3.67. The van der Waals surface area contributed by atoms with Crippen molar-refractivity contribution < 1.29 is 0 Å². The molecular formula is C20H34. The van der Waals surface area contributed by atoms with Crippen molar-refractivity contribution in [1.29, 1.82) is 0 Å². The van der Waals surface area contributed by atoms with Crippen molar-refractivity contribution in [2.75, 3.05) is 0 Å². The normalized spacial score (nSPS) is 29.6. The Morgan fingerprint density at radius 2 is 0.750 bits per heavy atom. The van der Waals surface area contributed by atoms with Gasteiger partial charge in [0.25, 0.3) is 0 Å². The molecular weight excluding hydrogens is 240 g/mol. The molecule has 0 aliphatic heterocycles. The van der Waals surface area contributed by atoms with Gasteiger partial charge in [-0.1, -0.05) is 63.5 Å². The van der Waals surface area contributed by atoms with Crippen LogP contribution in [0.3, 0.4) is 0 Å². The van der Waals surface area contributed by atoms with E-state index >= 15 is 0 Å². The molecule has 0 aromatic rings. The third-order valence-electron chi connectivity index (χ3n) is 4.99. The lowest BCUT2D eigenvalue weighted by atomic mass is 9.90. The van der Waals surface area contributed by atoms with Gasteiger partial charge >= 0.3 is 0 Å². The zero-order chi connectivity index (χ0) is 13.9. The molecule has 20 heavy (non-hydrogen) atoms. The minimum absolute atomic E-state index is 1.33. The van der Waals surface area contributed by atoms with Gasteiger partial charge in [0.2, 0.25) is 0 Å². The van der Waals surface area contributed by atoms with Gasteiger partial charge in [-0.2, -0.15) is 0 Å². The molecule has 0 radical (unpaired) electrons. The van der Waals surface area contributed by atoms with Crippen LogP contribution in [0.5, 0.6) is 0 Å². The van der Waals surface area contributed by atoms with Gasteiger partial charge in [-0.05, 0) is 62.5 Å². The minimum Gasteiger partial charge on any atom is -0.0811 e. The van der Waals surface area contributed by atoms with Crippen LogP contribution in [0.15, 0.2) is 23.3 Å². The topological polar surface area (TPSA) is 0 Å². The second-order valence-corrected chi connectivity index (χ2v) is 6.78. The first-order valence-corrected chi connectivity index (χ1v) is 9.35. The number of hydrogen-bond donors (Lipinski definition) is 0. The summed E-state index contributed by atoms with van der Waals surface area (Å²) in [6.07, 6.45) is 27.9. The molecule has 0 saturated carbocycles. The van der Waals surface area contributed by atoms with Gasteiger partial charge in [-0.3, -0.25) is 0 Å². The van der Waals surface area contributed by atoms with Crippen molar-refractivity contribution in [2.24, 2.45) is 0 Å². The molecule has 0 atom stereocenters. The molecule has 0 heterocycles. The van der Waals surface area contributed by atoms with E-state index in [0.29, 0.717) is 0 Å². The first-order chi connectivity index (χ1) is 9.97. The predicted molar refractivity (Wildman–Crippen MR) is 90.0 cm³/mol. The smallest absolute Gasteiger partial charge is 0.0279 e. The highest BCUT2D eigenvalue weighted by atomic mass is 14.1. The summed E-state index contributed by atoms with van der Waals surface area (Å²) in [5.41, 5.74) is 3.46. The quantitative estimate of drug-likeness (QED) is 0.478. The van der Waals surface area contributed by atoms with E-state index in [0.717, 1.165) is 0 Å². The molecule has 0 saturated heterocycles. The van der Waals surface area contributed by atoms with Crippen LogP contribution >= 0.6 is 0 Å². The van der Waals surface area contributed by atoms with Gasteiger partial charge in [-0.15, -0.1) is 0 Å². The highest BCUT2D eigenvalue weighted by Gasteiger charge is 2.08. The van der Waals surface area contributed by atoms with E-state index in [-0.39, 0.29) is 0 Å². The van der Waals surface area contributed by atoms with E-state index in [4.69, 9.17) is 0 Å². The van der Waals surface area contributed by atoms with Crippen molar-refractivity contribution in [1.82, 2.24) is 0 Å². The molecule has 0 aromatic heterocycles. The van der Waals surface area contributed by atoms with Crippen LogP contribution in [-0.4, -0.2) is 0 Å². The fourth-order valence-electron chi connectivity index (χ4n) is 3.67. The lowest BCUT2D eigenvalue weighted by Crippen LogP contribution is -1.96. The predicted octanol–water partition coefficient (Wildman–Crippen LogP) is 7.11. The highest BCUT2D eigenvalue weighted by molar-refractivity contribution is 5.31. The summed E-state index contributed by atoms with van der Waals surface area (Å²) in [4.78, 5) is 0. The SMILES string of the molecule is C1=C(/C2=C/CCCCCCCC2)CCCCCCCC/1. The van der Waals surface area contributed by atoms with E-state index in [1.54, 1.807) is 11.1 Å². The van der Waals surface area contributed by atoms with Crippen molar-refractivity contribution in [3.63, 3.8) is 0 Å². The zero-order valence-corrected chi connectivity index (χ0v) is 13.5. The first-order valence-electron chi connectivity index (χ1n) is 9.35. The summed E-state index contributed by atoms with van der Waals surface area (Å²) in [6.45, 7) is 0. The standard InChI is InChI=1S/C20H34/c1-3-7-11-15-19(16-12-8-4-1)20-17-13-9-5-2-6-10-14-18-20/h15,17H,1-14,16,18H2/b19-15+,20-17+. The maximum Gasteiger partial charge on any atom is -0.0279 e. The maximum absolute atomic E-state index is 2.60. The van der Waals surface area contributed by atoms with Gasteiger partial charge in [-0.25, -0.2) is 0 Å². The molecule has 2 rings (SSSR count). The van der Waals surface area contributed by atoms with Gasteiger partial charge in [0.15, 0.2) is 0 Å². The Balaban J connectivity index is 1.98. The van der Waals surface area contributed by atoms with Gasteiger partial charge in [0, 0.05) is 0 Å². The summed E-state index contributed by atoms with van der Waals surface area (Å²) < 4.78 is 0. The Hall–Kier alpha value is -0.520. The summed E-state index contributed by atoms with van der Waals surface area (Å²) in [5.74, 6) is 0. The Bertz CT molecular complexity index is 276. The first kappa shape index (κ1) is 15.9. The summed E-state index contributed by atoms with van der Waals surface area (Å²) in [5, 5.41) is 0. The average molecular weight is 274 g/mol. The number of allylic oxidation sites excluding steroid dienone is 4. The summed E-state index contributed by atoms with van der Waals surface area (Å²) in [6, 6.07) is 0. The second-order valence-electron chi connectivity index (χ2n) is 6.78. The van der Waals surface area contributed by atoms with Crippen LogP contribution in [0.1, 0.15) is 103 Å². The lowest BCUT2D eigenvalue weighted by molar-refractivity contribution is 0.574. The molecule has 0 fully saturated rings. The molecule has 2 aliphatic carbocycles. The fraction of sp³-hybridized carbons (Fsp3) is 0.800. The van der Waals surface area contributed by atoms with Crippen LogP contribution < -0.4 is 0 Å². The molecule has 0 amide bonds. The molecule has 0 heteroatoms. The van der Waals surface area contributed by atoms with Crippen molar-refractivity contribution in [2.45, 2.75) is 103 Å². The lowest BCUT2D eigenvalue weighted by Gasteiger charge is -2.16. The third kappa shape index (κ3) is 6.29. The molecule has 0 aromatic carbocycles. The van der Waals surface area contributed by atoms with Crippen LogP contribution in [0.2, 0.25) is 0 Å². The molecule has 2 aliphatic rings. The van der Waals surface area contributed by atoms with E-state index < -0.39 is 0 Å². The molecule has 0 spiro atoms. The highest BCUT2D eigenvalue weighted by Crippen LogP contribution is 2.27. The summed E-state index contributed by atoms with van der Waals surface area (Å²) >= 11 is 0. The monoisotopic (exact) mass is 274 g/mol. The Labute approximate surface area is 126 Å². The van der Waals surface area contributed by atoms with Crippen molar-refractivity contribution in [3.05, 3.63) is 23.3 Å². The molecule has 0 bridgehead atoms. The molecule has 0 N–H and O–H groups in total. The third-order valence-corrected chi connectivity index (χ3v) is 4.99. The molecule has 0 unspecified atom stereocenters. The van der Waals surface area contributed by atoms with Crippen LogP contribution in [-0.2, 0) is 0 Å². The van der Waals surface area contributed by atoms with E-state index in [2.05, 4.69) is 12.2 Å². The van der Waals surface area contributed by atoms with Crippen molar-refractivity contribution >= 4 is 0 Å². The zero-order valence-electron chi connectivity index (χ0n) is 13.5. The summed E-state index contributed by atoms with van der Waals surface area (Å²) in [7, 11) is 0. The Kier molecular flexibility index (Phi) is 8.12.